The van der Waals surface area contributed by atoms with E-state index in [1.807, 2.05) is 0 Å². The summed E-state index contributed by atoms with van der Waals surface area (Å²) < 4.78 is 72.3. The van der Waals surface area contributed by atoms with Gasteiger partial charge in [-0.2, -0.15) is 26.3 Å². The first-order valence-corrected chi connectivity index (χ1v) is 4.29. The van der Waals surface area contributed by atoms with Crippen molar-refractivity contribution in [3.05, 3.63) is 35.4 Å². The van der Waals surface area contributed by atoms with Crippen LogP contribution in [0.25, 0.3) is 0 Å². The molecule has 0 heterocycles. The van der Waals surface area contributed by atoms with Gasteiger partial charge in [0.1, 0.15) is 0 Å². The van der Waals surface area contributed by atoms with Gasteiger partial charge in [-0.25, -0.2) is 0 Å². The monoisotopic (exact) mass is 241 g/mol. The zero-order chi connectivity index (χ0) is 12.4. The van der Waals surface area contributed by atoms with E-state index < -0.39 is 30.8 Å². The van der Waals surface area contributed by atoms with Gasteiger partial charge in [0.15, 0.2) is 0 Å². The van der Waals surface area contributed by atoms with E-state index in [4.69, 9.17) is 0 Å². The topological polar surface area (TPSA) is 0 Å². The molecule has 0 aliphatic rings. The van der Waals surface area contributed by atoms with Gasteiger partial charge >= 0.3 is 12.4 Å². The van der Waals surface area contributed by atoms with Crippen molar-refractivity contribution in [3.63, 3.8) is 0 Å². The van der Waals surface area contributed by atoms with Crippen LogP contribution in [0.5, 0.6) is 0 Å². The molecule has 1 aromatic carbocycles. The van der Waals surface area contributed by atoms with Crippen LogP contribution in [-0.2, 0) is 12.8 Å². The number of halogens is 6. The van der Waals surface area contributed by atoms with Crippen LogP contribution in [0.4, 0.5) is 26.3 Å². The molecule has 0 fully saturated rings. The second-order valence-corrected chi connectivity index (χ2v) is 3.26. The first-order valence-electron chi connectivity index (χ1n) is 4.29. The Bertz CT molecular complexity index is 314. The molecular formula is C10H7F6. The molecule has 0 N–H and O–H groups in total. The molecular weight excluding hydrogens is 234 g/mol. The molecule has 0 aliphatic heterocycles. The third kappa shape index (κ3) is 4.55. The molecule has 1 rings (SSSR count). The van der Waals surface area contributed by atoms with Crippen LogP contribution in [0.1, 0.15) is 11.1 Å². The number of benzene rings is 1. The molecule has 0 atom stereocenters. The van der Waals surface area contributed by atoms with E-state index in [2.05, 4.69) is 6.07 Å². The molecule has 0 aliphatic carbocycles. The largest absolute Gasteiger partial charge is 0.393 e. The summed E-state index contributed by atoms with van der Waals surface area (Å²) in [5.74, 6) is 0. The first kappa shape index (κ1) is 12.9. The number of hydrogen-bond acceptors (Lipinski definition) is 0. The molecule has 0 saturated heterocycles. The lowest BCUT2D eigenvalue weighted by atomic mass is 10.0. The second-order valence-electron chi connectivity index (χ2n) is 3.26. The highest BCUT2D eigenvalue weighted by molar-refractivity contribution is 5.27. The predicted molar refractivity (Wildman–Crippen MR) is 44.8 cm³/mol. The van der Waals surface area contributed by atoms with Crippen LogP contribution in [0.3, 0.4) is 0 Å². The van der Waals surface area contributed by atoms with E-state index in [9.17, 15) is 26.3 Å². The second kappa shape index (κ2) is 4.35. The summed E-state index contributed by atoms with van der Waals surface area (Å²) in [7, 11) is 0. The van der Waals surface area contributed by atoms with Crippen LogP contribution in [0, 0.1) is 6.07 Å². The molecule has 16 heavy (non-hydrogen) atoms. The molecule has 0 amide bonds. The van der Waals surface area contributed by atoms with Crippen molar-refractivity contribution in [2.24, 2.45) is 0 Å². The van der Waals surface area contributed by atoms with Crippen molar-refractivity contribution in [1.29, 1.82) is 0 Å². The van der Waals surface area contributed by atoms with Gasteiger partial charge < -0.3 is 0 Å². The van der Waals surface area contributed by atoms with Gasteiger partial charge in [0.2, 0.25) is 0 Å². The van der Waals surface area contributed by atoms with E-state index in [0.717, 1.165) is 6.07 Å². The Hall–Kier alpha value is -1.20. The molecule has 1 aromatic rings. The minimum atomic E-state index is -4.53. The van der Waals surface area contributed by atoms with Gasteiger partial charge in [0.25, 0.3) is 0 Å². The smallest absolute Gasteiger partial charge is 0.171 e. The van der Waals surface area contributed by atoms with Crippen molar-refractivity contribution in [2.45, 2.75) is 25.2 Å². The van der Waals surface area contributed by atoms with E-state index in [1.54, 1.807) is 0 Å². The molecule has 0 bridgehead atoms. The maximum absolute atomic E-state index is 12.1. The summed E-state index contributed by atoms with van der Waals surface area (Å²) in [5.41, 5.74) is -0.834. The van der Waals surface area contributed by atoms with Gasteiger partial charge in [-0.3, -0.25) is 0 Å². The van der Waals surface area contributed by atoms with Gasteiger partial charge in [0, 0.05) is 0 Å². The Morgan fingerprint density at radius 3 is 2.00 bits per heavy atom. The van der Waals surface area contributed by atoms with Crippen molar-refractivity contribution in [1.82, 2.24) is 0 Å². The Balaban J connectivity index is 2.92. The summed E-state index contributed by atoms with van der Waals surface area (Å²) in [4.78, 5) is 0. The predicted octanol–water partition coefficient (Wildman–Crippen LogP) is 3.70. The third-order valence-corrected chi connectivity index (χ3v) is 1.81. The van der Waals surface area contributed by atoms with Crippen LogP contribution < -0.4 is 0 Å². The Labute approximate surface area is 87.9 Å². The molecule has 6 heteroatoms. The summed E-state index contributed by atoms with van der Waals surface area (Å²) in [6.45, 7) is 0. The molecule has 1 radical (unpaired) electrons. The fourth-order valence-corrected chi connectivity index (χ4v) is 1.25. The minimum Gasteiger partial charge on any atom is -0.171 e. The quantitative estimate of drug-likeness (QED) is 0.692. The lowest BCUT2D eigenvalue weighted by molar-refractivity contribution is -0.132. The summed E-state index contributed by atoms with van der Waals surface area (Å²) in [6, 6.07) is 5.63. The average molecular weight is 241 g/mol. The minimum absolute atomic E-state index is 0.382. The van der Waals surface area contributed by atoms with E-state index in [-0.39, 0.29) is 5.56 Å². The Morgan fingerprint density at radius 2 is 1.50 bits per heavy atom. The van der Waals surface area contributed by atoms with Gasteiger partial charge in [-0.05, 0) is 17.2 Å². The zero-order valence-electron chi connectivity index (χ0n) is 7.91. The number of alkyl halides is 6. The fraction of sp³-hybridized carbons (Fsp3) is 0.400. The zero-order valence-corrected chi connectivity index (χ0v) is 7.91. The lowest BCUT2D eigenvalue weighted by Crippen LogP contribution is -2.17. The van der Waals surface area contributed by atoms with Crippen molar-refractivity contribution in [3.8, 4) is 0 Å². The summed E-state index contributed by atoms with van der Waals surface area (Å²) >= 11 is 0. The van der Waals surface area contributed by atoms with Crippen LogP contribution >= 0.6 is 0 Å². The van der Waals surface area contributed by atoms with Gasteiger partial charge in [0.05, 0.1) is 12.8 Å². The van der Waals surface area contributed by atoms with Crippen LogP contribution in [-0.4, -0.2) is 12.4 Å². The summed E-state index contributed by atoms with van der Waals surface area (Å²) in [5, 5.41) is 0. The highest BCUT2D eigenvalue weighted by Crippen LogP contribution is 2.27. The molecule has 0 spiro atoms. The third-order valence-electron chi connectivity index (χ3n) is 1.81. The maximum atomic E-state index is 12.1. The van der Waals surface area contributed by atoms with E-state index in [0.29, 0.717) is 0 Å². The number of rotatable bonds is 2. The summed E-state index contributed by atoms with van der Waals surface area (Å²) in [6.07, 6.45) is -11.8. The van der Waals surface area contributed by atoms with Gasteiger partial charge in [-0.15, -0.1) is 0 Å². The molecule has 0 unspecified atom stereocenters. The van der Waals surface area contributed by atoms with Crippen molar-refractivity contribution >= 4 is 0 Å². The molecule has 0 nitrogen and oxygen atoms in total. The molecule has 89 valence electrons. The average Bonchev–Trinajstić information content (AvgIpc) is 2.03. The Kier molecular flexibility index (Phi) is 3.50. The highest BCUT2D eigenvalue weighted by atomic mass is 19.4. The highest BCUT2D eigenvalue weighted by Gasteiger charge is 2.32. The molecule has 0 aromatic heterocycles. The van der Waals surface area contributed by atoms with Crippen LogP contribution in [0.2, 0.25) is 0 Å². The van der Waals surface area contributed by atoms with E-state index >= 15 is 0 Å². The standard InChI is InChI=1S/C10H7F6/c11-9(12,13)5-7-3-1-2-4-8(7)6-10(14,15)16/h1-3H,5-6H2. The van der Waals surface area contributed by atoms with Crippen LogP contribution in [0.15, 0.2) is 18.2 Å². The van der Waals surface area contributed by atoms with Crippen molar-refractivity contribution in [2.75, 3.05) is 0 Å². The molecule has 0 saturated carbocycles. The SMILES string of the molecule is FC(F)(F)Cc1[c]cccc1CC(F)(F)F. The van der Waals surface area contributed by atoms with Gasteiger partial charge in [-0.1, -0.05) is 18.2 Å². The maximum Gasteiger partial charge on any atom is 0.393 e. The van der Waals surface area contributed by atoms with E-state index in [1.165, 1.54) is 12.1 Å². The Morgan fingerprint density at radius 1 is 0.938 bits per heavy atom. The fourth-order valence-electron chi connectivity index (χ4n) is 1.25. The normalized spacial score (nSPS) is 12.9. The van der Waals surface area contributed by atoms with Crippen molar-refractivity contribution < 1.29 is 26.3 Å². The lowest BCUT2D eigenvalue weighted by Gasteiger charge is -2.12. The first-order chi connectivity index (χ1) is 7.17. The number of hydrogen-bond donors (Lipinski definition) is 0.